The summed E-state index contributed by atoms with van der Waals surface area (Å²) < 4.78 is 18.0. The smallest absolute Gasteiger partial charge is 0.338 e. The van der Waals surface area contributed by atoms with Gasteiger partial charge in [0.2, 0.25) is 0 Å². The van der Waals surface area contributed by atoms with Gasteiger partial charge in [0.1, 0.15) is 11.9 Å². The van der Waals surface area contributed by atoms with Crippen molar-refractivity contribution < 1.29 is 13.9 Å². The minimum absolute atomic E-state index is 0.0362. The first-order valence-electron chi connectivity index (χ1n) is 4.16. The van der Waals surface area contributed by atoms with E-state index in [4.69, 9.17) is 10.00 Å². The Balaban J connectivity index is 3.18. The lowest BCUT2D eigenvalue weighted by Gasteiger charge is -2.03. The van der Waals surface area contributed by atoms with Crippen LogP contribution in [0.25, 0.3) is 0 Å². The van der Waals surface area contributed by atoms with Crippen LogP contribution in [0.15, 0.2) is 16.6 Å². The third-order valence-electron chi connectivity index (χ3n) is 1.66. The molecule has 0 atom stereocenters. The average Bonchev–Trinajstić information content (AvgIpc) is 2.22. The Kier molecular flexibility index (Phi) is 3.81. The third-order valence-corrected chi connectivity index (χ3v) is 2.47. The summed E-state index contributed by atoms with van der Waals surface area (Å²) in [6.45, 7) is 1.86. The van der Waals surface area contributed by atoms with Gasteiger partial charge in [-0.2, -0.15) is 5.26 Å². The van der Waals surface area contributed by atoms with E-state index in [9.17, 15) is 9.18 Å². The molecule has 0 unspecified atom stereocenters. The zero-order chi connectivity index (χ0) is 11.4. The average molecular weight is 272 g/mol. The summed E-state index contributed by atoms with van der Waals surface area (Å²) >= 11 is 2.91. The van der Waals surface area contributed by atoms with Crippen LogP contribution in [0.3, 0.4) is 0 Å². The maximum Gasteiger partial charge on any atom is 0.338 e. The van der Waals surface area contributed by atoms with E-state index in [2.05, 4.69) is 15.9 Å². The molecular formula is C10H7BrFNO2. The van der Waals surface area contributed by atoms with Crippen molar-refractivity contribution in [1.82, 2.24) is 0 Å². The Labute approximate surface area is 94.6 Å². The Morgan fingerprint density at radius 3 is 2.87 bits per heavy atom. The van der Waals surface area contributed by atoms with Crippen molar-refractivity contribution in [3.8, 4) is 6.07 Å². The van der Waals surface area contributed by atoms with E-state index in [-0.39, 0.29) is 22.2 Å². The molecular weight excluding hydrogens is 265 g/mol. The molecule has 0 aliphatic carbocycles. The highest BCUT2D eigenvalue weighted by molar-refractivity contribution is 9.10. The van der Waals surface area contributed by atoms with Crippen LogP contribution in [0, 0.1) is 17.1 Å². The van der Waals surface area contributed by atoms with Crippen molar-refractivity contribution in [2.75, 3.05) is 6.61 Å². The number of rotatable bonds is 2. The second-order valence-corrected chi connectivity index (χ2v) is 3.44. The standard InChI is InChI=1S/C10H7BrFNO2/c1-2-15-10(14)6-3-7(5-13)9(11)8(12)4-6/h3-4H,2H2,1H3. The Bertz CT molecular complexity index is 440. The summed E-state index contributed by atoms with van der Waals surface area (Å²) in [7, 11) is 0. The first kappa shape index (κ1) is 11.7. The number of hydrogen-bond donors (Lipinski definition) is 0. The van der Waals surface area contributed by atoms with Crippen LogP contribution < -0.4 is 0 Å². The lowest BCUT2D eigenvalue weighted by molar-refractivity contribution is 0.0525. The number of nitrogens with zero attached hydrogens (tertiary/aromatic N) is 1. The van der Waals surface area contributed by atoms with Gasteiger partial charge in [0, 0.05) is 0 Å². The maximum atomic E-state index is 13.2. The number of benzene rings is 1. The fraction of sp³-hybridized carbons (Fsp3) is 0.200. The van der Waals surface area contributed by atoms with Crippen LogP contribution in [0.4, 0.5) is 4.39 Å². The Hall–Kier alpha value is -1.41. The number of hydrogen-bond acceptors (Lipinski definition) is 3. The van der Waals surface area contributed by atoms with Crippen LogP contribution in [-0.4, -0.2) is 12.6 Å². The van der Waals surface area contributed by atoms with Crippen LogP contribution in [0.5, 0.6) is 0 Å². The van der Waals surface area contributed by atoms with Gasteiger partial charge in [-0.3, -0.25) is 0 Å². The normalized spacial score (nSPS) is 9.47. The summed E-state index contributed by atoms with van der Waals surface area (Å²) in [6.07, 6.45) is 0. The van der Waals surface area contributed by atoms with Gasteiger partial charge in [-0.05, 0) is 35.0 Å². The van der Waals surface area contributed by atoms with Gasteiger partial charge in [0.05, 0.1) is 22.2 Å². The van der Waals surface area contributed by atoms with E-state index in [1.807, 2.05) is 0 Å². The summed E-state index contributed by atoms with van der Waals surface area (Å²) in [5.41, 5.74) is 0.104. The van der Waals surface area contributed by atoms with Crippen LogP contribution in [0.2, 0.25) is 0 Å². The number of halogens is 2. The van der Waals surface area contributed by atoms with Gasteiger partial charge in [-0.1, -0.05) is 0 Å². The molecule has 1 rings (SSSR count). The molecule has 1 aromatic rings. The van der Waals surface area contributed by atoms with Crippen molar-refractivity contribution in [1.29, 1.82) is 5.26 Å². The second-order valence-electron chi connectivity index (χ2n) is 2.65. The molecule has 0 aliphatic heterocycles. The Morgan fingerprint density at radius 1 is 1.67 bits per heavy atom. The van der Waals surface area contributed by atoms with Crippen molar-refractivity contribution in [3.05, 3.63) is 33.5 Å². The van der Waals surface area contributed by atoms with Crippen LogP contribution >= 0.6 is 15.9 Å². The molecule has 0 N–H and O–H groups in total. The molecule has 0 aliphatic rings. The van der Waals surface area contributed by atoms with E-state index in [1.165, 1.54) is 6.07 Å². The molecule has 15 heavy (non-hydrogen) atoms. The predicted octanol–water partition coefficient (Wildman–Crippen LogP) is 2.64. The minimum atomic E-state index is -0.655. The molecule has 78 valence electrons. The molecule has 3 nitrogen and oxygen atoms in total. The number of carbonyl (C=O) groups is 1. The predicted molar refractivity (Wildman–Crippen MR) is 54.8 cm³/mol. The first-order chi connectivity index (χ1) is 7.10. The maximum absolute atomic E-state index is 13.2. The van der Waals surface area contributed by atoms with E-state index in [0.29, 0.717) is 0 Å². The third kappa shape index (κ3) is 2.54. The highest BCUT2D eigenvalue weighted by Crippen LogP contribution is 2.22. The van der Waals surface area contributed by atoms with Crippen LogP contribution in [-0.2, 0) is 4.74 Å². The lowest BCUT2D eigenvalue weighted by Crippen LogP contribution is -2.05. The molecule has 0 fully saturated rings. The summed E-state index contributed by atoms with van der Waals surface area (Å²) in [5.74, 6) is -1.29. The molecule has 1 aromatic carbocycles. The van der Waals surface area contributed by atoms with Crippen molar-refractivity contribution in [2.24, 2.45) is 0 Å². The number of carbonyl (C=O) groups excluding carboxylic acids is 1. The topological polar surface area (TPSA) is 50.1 Å². The quantitative estimate of drug-likeness (QED) is 0.777. The Morgan fingerprint density at radius 2 is 2.33 bits per heavy atom. The van der Waals surface area contributed by atoms with E-state index in [1.54, 1.807) is 13.0 Å². The summed E-state index contributed by atoms with van der Waals surface area (Å²) in [5, 5.41) is 8.68. The zero-order valence-corrected chi connectivity index (χ0v) is 9.47. The van der Waals surface area contributed by atoms with Crippen molar-refractivity contribution in [3.63, 3.8) is 0 Å². The van der Waals surface area contributed by atoms with Crippen molar-refractivity contribution >= 4 is 21.9 Å². The minimum Gasteiger partial charge on any atom is -0.462 e. The molecule has 0 aromatic heterocycles. The van der Waals surface area contributed by atoms with Gasteiger partial charge in [-0.25, -0.2) is 9.18 Å². The summed E-state index contributed by atoms with van der Waals surface area (Å²) in [4.78, 5) is 11.3. The fourth-order valence-electron chi connectivity index (χ4n) is 1.00. The van der Waals surface area contributed by atoms with Crippen molar-refractivity contribution in [2.45, 2.75) is 6.92 Å². The van der Waals surface area contributed by atoms with Gasteiger partial charge in [-0.15, -0.1) is 0 Å². The van der Waals surface area contributed by atoms with E-state index < -0.39 is 11.8 Å². The highest BCUT2D eigenvalue weighted by Gasteiger charge is 2.13. The van der Waals surface area contributed by atoms with Gasteiger partial charge >= 0.3 is 5.97 Å². The van der Waals surface area contributed by atoms with E-state index >= 15 is 0 Å². The van der Waals surface area contributed by atoms with Crippen LogP contribution in [0.1, 0.15) is 22.8 Å². The largest absolute Gasteiger partial charge is 0.462 e. The fourth-order valence-corrected chi connectivity index (χ4v) is 1.32. The molecule has 0 spiro atoms. The number of nitriles is 1. The zero-order valence-electron chi connectivity index (χ0n) is 7.88. The monoisotopic (exact) mass is 271 g/mol. The van der Waals surface area contributed by atoms with Gasteiger partial charge in [0.25, 0.3) is 0 Å². The second kappa shape index (κ2) is 4.89. The molecule has 0 radical (unpaired) electrons. The summed E-state index contributed by atoms with van der Waals surface area (Å²) in [6, 6.07) is 4.09. The highest BCUT2D eigenvalue weighted by atomic mass is 79.9. The molecule has 0 bridgehead atoms. The lowest BCUT2D eigenvalue weighted by atomic mass is 10.1. The van der Waals surface area contributed by atoms with Gasteiger partial charge < -0.3 is 4.74 Å². The number of ether oxygens (including phenoxy) is 1. The SMILES string of the molecule is CCOC(=O)c1cc(F)c(Br)c(C#N)c1. The molecule has 0 saturated heterocycles. The molecule has 0 saturated carbocycles. The first-order valence-corrected chi connectivity index (χ1v) is 4.95. The molecule has 0 heterocycles. The molecule has 5 heteroatoms. The number of esters is 1. The van der Waals surface area contributed by atoms with E-state index in [0.717, 1.165) is 6.07 Å². The van der Waals surface area contributed by atoms with Gasteiger partial charge in [0.15, 0.2) is 0 Å². The molecule has 0 amide bonds.